The van der Waals surface area contributed by atoms with Crippen molar-refractivity contribution < 1.29 is 24.6 Å². The molecule has 2 aromatic rings. The highest BCUT2D eigenvalue weighted by Gasteiger charge is 2.28. The number of aliphatic carboxylic acids is 2. The maximum Gasteiger partial charge on any atom is 0.278 e. The number of carboxylic acids is 2. The van der Waals surface area contributed by atoms with Crippen molar-refractivity contribution in [3.63, 3.8) is 0 Å². The normalized spacial score (nSPS) is 15.4. The highest BCUT2D eigenvalue weighted by Crippen LogP contribution is 2.25. The number of carbonyl (C=O) groups excluding carboxylic acids is 3. The largest absolute Gasteiger partial charge is 0.550 e. The number of carbonyl (C=O) groups is 3. The molecule has 0 saturated carbocycles. The summed E-state index contributed by atoms with van der Waals surface area (Å²) in [6.45, 7) is 0.704. The molecule has 14 nitrogen and oxygen atoms in total. The van der Waals surface area contributed by atoms with Crippen LogP contribution in [0.25, 0.3) is 0 Å². The van der Waals surface area contributed by atoms with E-state index in [0.29, 0.717) is 18.8 Å². The number of anilines is 4. The topological polar surface area (TPSA) is 232 Å². The molecular formula is C20H22N8O6-2. The summed E-state index contributed by atoms with van der Waals surface area (Å²) in [7, 11) is 0. The van der Waals surface area contributed by atoms with E-state index < -0.39 is 35.9 Å². The highest BCUT2D eigenvalue weighted by molar-refractivity contribution is 5.96. The number of hydrogen-bond donors (Lipinski definition) is 6. The molecule has 1 aliphatic heterocycles. The molecule has 14 heteroatoms. The highest BCUT2D eigenvalue weighted by atomic mass is 16.4. The number of aromatic amines is 1. The third kappa shape index (κ3) is 5.59. The second kappa shape index (κ2) is 10.3. The lowest BCUT2D eigenvalue weighted by Crippen LogP contribution is -2.49. The number of hydrogen-bond acceptors (Lipinski definition) is 11. The summed E-state index contributed by atoms with van der Waals surface area (Å²) < 4.78 is 0. The number of amides is 1. The first-order valence-corrected chi connectivity index (χ1v) is 10.2. The first kappa shape index (κ1) is 24.0. The van der Waals surface area contributed by atoms with Crippen molar-refractivity contribution in [2.45, 2.75) is 24.9 Å². The number of carboxylic acid groups (broad SMARTS) is 2. The minimum atomic E-state index is -1.59. The van der Waals surface area contributed by atoms with Crippen molar-refractivity contribution in [1.29, 1.82) is 5.41 Å². The minimum absolute atomic E-state index is 0.0354. The van der Waals surface area contributed by atoms with Crippen LogP contribution in [0.15, 0.2) is 29.1 Å². The van der Waals surface area contributed by atoms with Crippen LogP contribution in [0, 0.1) is 5.41 Å². The molecule has 1 aromatic carbocycles. The molecule has 3 rings (SSSR count). The molecule has 0 aliphatic carbocycles. The van der Waals surface area contributed by atoms with Crippen molar-refractivity contribution in [2.75, 3.05) is 34.4 Å². The molecule has 0 saturated heterocycles. The quantitative estimate of drug-likeness (QED) is 0.152. The van der Waals surface area contributed by atoms with Crippen molar-refractivity contribution >= 4 is 47.3 Å². The maximum absolute atomic E-state index is 12.3. The number of aromatic nitrogens is 2. The zero-order chi connectivity index (χ0) is 24.8. The Morgan fingerprint density at radius 1 is 1.29 bits per heavy atom. The minimum Gasteiger partial charge on any atom is -0.550 e. The first-order chi connectivity index (χ1) is 16.2. The van der Waals surface area contributed by atoms with Gasteiger partial charge in [-0.05, 0) is 37.1 Å². The molecule has 0 unspecified atom stereocenters. The average Bonchev–Trinajstić information content (AvgIpc) is 2.79. The molecule has 0 radical (unpaired) electrons. The summed E-state index contributed by atoms with van der Waals surface area (Å²) in [5.74, 6) is -3.48. The van der Waals surface area contributed by atoms with Gasteiger partial charge in [0.15, 0.2) is 11.5 Å². The summed E-state index contributed by atoms with van der Waals surface area (Å²) in [5.41, 5.74) is 6.05. The molecule has 1 amide bonds. The van der Waals surface area contributed by atoms with Gasteiger partial charge in [-0.3, -0.25) is 20.0 Å². The number of nitrogens with one attached hydrogen (secondary N) is 5. The number of nitrogens with zero attached hydrogens (tertiary/aromatic N) is 2. The van der Waals surface area contributed by atoms with Gasteiger partial charge in [-0.25, -0.2) is 0 Å². The van der Waals surface area contributed by atoms with E-state index in [-0.39, 0.29) is 35.5 Å². The van der Waals surface area contributed by atoms with Gasteiger partial charge in [0.25, 0.3) is 11.5 Å². The van der Waals surface area contributed by atoms with E-state index in [2.05, 4.69) is 25.9 Å². The van der Waals surface area contributed by atoms with Crippen molar-refractivity contribution in [1.82, 2.24) is 15.3 Å². The first-order valence-electron chi connectivity index (χ1n) is 10.2. The second-order valence-electron chi connectivity index (χ2n) is 7.43. The zero-order valence-corrected chi connectivity index (χ0v) is 17.8. The van der Waals surface area contributed by atoms with Crippen LogP contribution in [0.2, 0.25) is 0 Å². The van der Waals surface area contributed by atoms with Gasteiger partial charge in [0.1, 0.15) is 0 Å². The van der Waals surface area contributed by atoms with Crippen molar-refractivity contribution in [3.05, 3.63) is 40.2 Å². The van der Waals surface area contributed by atoms with Gasteiger partial charge in [0.05, 0.1) is 24.4 Å². The molecule has 1 aromatic heterocycles. The van der Waals surface area contributed by atoms with Crippen LogP contribution in [0.5, 0.6) is 0 Å². The van der Waals surface area contributed by atoms with E-state index in [1.54, 1.807) is 12.1 Å². The Morgan fingerprint density at radius 2 is 2.00 bits per heavy atom. The summed E-state index contributed by atoms with van der Waals surface area (Å²) in [4.78, 5) is 54.2. The van der Waals surface area contributed by atoms with E-state index in [9.17, 15) is 29.4 Å². The molecular weight excluding hydrogens is 448 g/mol. The van der Waals surface area contributed by atoms with E-state index in [1.165, 1.54) is 17.0 Å². The molecule has 34 heavy (non-hydrogen) atoms. The number of nitrogen functional groups attached to an aromatic ring is 1. The van der Waals surface area contributed by atoms with Gasteiger partial charge in [-0.15, -0.1) is 0 Å². The number of nitrogens with two attached hydrogens (primary N) is 1. The summed E-state index contributed by atoms with van der Waals surface area (Å²) in [6.07, 6.45) is 0.133. The fraction of sp³-hybridized carbons (Fsp3) is 0.300. The molecule has 0 bridgehead atoms. The predicted octanol–water partition coefficient (Wildman–Crippen LogP) is -2.95. The standard InChI is InChI=1S/C20H24N8O6/c21-9-28-12(8-24-16-15(28)18(32)27-20(22)26-16)7-23-11-3-1-10(2-4-11)17(31)25-13(19(33)34)5-6-14(29)30/h1-4,9,12-13,21,23H,5-8H2,(H,25,31)(H,29,30)(H,33,34)(H4,22,24,26,27,32)/p-2/t12-,13-/m0/s1. The monoisotopic (exact) mass is 470 g/mol. The van der Waals surface area contributed by atoms with Crippen molar-refractivity contribution in [3.8, 4) is 0 Å². The van der Waals surface area contributed by atoms with Gasteiger partial charge in [0, 0.05) is 30.3 Å². The zero-order valence-electron chi connectivity index (χ0n) is 17.8. The third-order valence-electron chi connectivity index (χ3n) is 5.12. The molecule has 2 atom stereocenters. The molecule has 180 valence electrons. The van der Waals surface area contributed by atoms with E-state index in [1.807, 2.05) is 0 Å². The summed E-state index contributed by atoms with van der Waals surface area (Å²) >= 11 is 0. The fourth-order valence-electron chi connectivity index (χ4n) is 3.41. The van der Waals surface area contributed by atoms with Crippen LogP contribution in [-0.2, 0) is 9.59 Å². The number of benzene rings is 1. The lowest BCUT2D eigenvalue weighted by molar-refractivity contribution is -0.309. The van der Waals surface area contributed by atoms with E-state index in [4.69, 9.17) is 11.1 Å². The van der Waals surface area contributed by atoms with Crippen LogP contribution < -0.4 is 42.4 Å². The van der Waals surface area contributed by atoms with E-state index in [0.717, 1.165) is 6.34 Å². The number of fused-ring (bicyclic) bond motifs is 1. The van der Waals surface area contributed by atoms with Crippen molar-refractivity contribution in [2.24, 2.45) is 0 Å². The van der Waals surface area contributed by atoms with Crippen LogP contribution in [0.3, 0.4) is 0 Å². The molecule has 7 N–H and O–H groups in total. The Hall–Kier alpha value is -4.62. The maximum atomic E-state index is 12.3. The van der Waals surface area contributed by atoms with Gasteiger partial charge >= 0.3 is 0 Å². The molecule has 0 fully saturated rings. The average molecular weight is 470 g/mol. The van der Waals surface area contributed by atoms with Crippen LogP contribution in [0.4, 0.5) is 23.1 Å². The smallest absolute Gasteiger partial charge is 0.278 e. The predicted molar refractivity (Wildman–Crippen MR) is 118 cm³/mol. The summed E-state index contributed by atoms with van der Waals surface area (Å²) in [6, 6.07) is 4.33. The summed E-state index contributed by atoms with van der Waals surface area (Å²) in [5, 5.41) is 37.8. The second-order valence-corrected chi connectivity index (χ2v) is 7.43. The van der Waals surface area contributed by atoms with Crippen LogP contribution in [-0.4, -0.2) is 59.3 Å². The lowest BCUT2D eigenvalue weighted by atomic mass is 10.1. The number of rotatable bonds is 10. The lowest BCUT2D eigenvalue weighted by Gasteiger charge is -2.35. The van der Waals surface area contributed by atoms with Crippen LogP contribution in [0.1, 0.15) is 23.2 Å². The molecule has 1 aliphatic rings. The van der Waals surface area contributed by atoms with Gasteiger partial charge < -0.3 is 46.4 Å². The van der Waals surface area contributed by atoms with Gasteiger partial charge in [0.2, 0.25) is 5.95 Å². The van der Waals surface area contributed by atoms with Gasteiger partial charge in [-0.1, -0.05) is 0 Å². The molecule has 2 heterocycles. The Morgan fingerprint density at radius 3 is 2.62 bits per heavy atom. The Kier molecular flexibility index (Phi) is 7.30. The Labute approximate surface area is 192 Å². The van der Waals surface area contributed by atoms with Gasteiger partial charge in [-0.2, -0.15) is 4.98 Å². The number of H-pyrrole nitrogens is 1. The van der Waals surface area contributed by atoms with E-state index >= 15 is 0 Å². The fourth-order valence-corrected chi connectivity index (χ4v) is 3.41. The molecule has 0 spiro atoms. The van der Waals surface area contributed by atoms with Crippen LogP contribution >= 0.6 is 0 Å². The SMILES string of the molecule is N=CN1c2c(nc(N)[nH]c2=O)NC[C@@H]1CNc1ccc(C(=O)N[C@@H](CCC(=O)[O-])C(=O)[O-])cc1. The Balaban J connectivity index is 1.62. The third-order valence-corrected chi connectivity index (χ3v) is 5.12. The Bertz CT molecular complexity index is 1150.